The molecule has 114 valence electrons. The molecule has 0 aliphatic heterocycles. The molecule has 1 aromatic carbocycles. The number of nitrogen functional groups attached to an aromatic ring is 1. The Morgan fingerprint density at radius 2 is 1.95 bits per heavy atom. The number of hydrogen-bond acceptors (Lipinski definition) is 4. The summed E-state index contributed by atoms with van der Waals surface area (Å²) in [4.78, 5) is 0. The second kappa shape index (κ2) is 7.76. The fourth-order valence-corrected chi connectivity index (χ4v) is 2.41. The maximum Gasteiger partial charge on any atom is 0.182 e. The van der Waals surface area contributed by atoms with Crippen molar-refractivity contribution in [1.29, 1.82) is 0 Å². The fourth-order valence-electron chi connectivity index (χ4n) is 2.41. The van der Waals surface area contributed by atoms with Gasteiger partial charge in [-0.25, -0.2) is 4.68 Å². The molecule has 1 aromatic heterocycles. The quantitative estimate of drug-likeness (QED) is 0.595. The first-order valence-corrected chi connectivity index (χ1v) is 7.79. The highest BCUT2D eigenvalue weighted by molar-refractivity contribution is 5.60. The number of aromatic nitrogens is 4. The maximum absolute atomic E-state index is 5.82. The fraction of sp³-hybridized carbons (Fsp3) is 0.562. The summed E-state index contributed by atoms with van der Waals surface area (Å²) in [6.07, 6.45) is 6.25. The number of benzene rings is 1. The Kier molecular flexibility index (Phi) is 5.72. The van der Waals surface area contributed by atoms with Gasteiger partial charge in [-0.3, -0.25) is 0 Å². The molecule has 0 fully saturated rings. The average Bonchev–Trinajstić information content (AvgIpc) is 2.91. The van der Waals surface area contributed by atoms with E-state index in [1.54, 1.807) is 0 Å². The molecule has 0 amide bonds. The number of rotatable bonds is 8. The van der Waals surface area contributed by atoms with Crippen molar-refractivity contribution in [2.24, 2.45) is 5.92 Å². The number of anilines is 1. The number of aryl methyl sites for hydroxylation is 1. The van der Waals surface area contributed by atoms with Gasteiger partial charge in [0.1, 0.15) is 0 Å². The van der Waals surface area contributed by atoms with Crippen LogP contribution in [0.3, 0.4) is 0 Å². The van der Waals surface area contributed by atoms with Crippen molar-refractivity contribution in [3.63, 3.8) is 0 Å². The van der Waals surface area contributed by atoms with Gasteiger partial charge < -0.3 is 5.73 Å². The number of tetrazole rings is 1. The van der Waals surface area contributed by atoms with E-state index >= 15 is 0 Å². The van der Waals surface area contributed by atoms with Gasteiger partial charge in [0.25, 0.3) is 0 Å². The molecule has 2 N–H and O–H groups in total. The number of hydrogen-bond donors (Lipinski definition) is 1. The zero-order chi connectivity index (χ0) is 15.1. The van der Waals surface area contributed by atoms with Crippen molar-refractivity contribution >= 4 is 5.69 Å². The van der Waals surface area contributed by atoms with Crippen molar-refractivity contribution < 1.29 is 0 Å². The summed E-state index contributed by atoms with van der Waals surface area (Å²) in [6, 6.07) is 7.69. The van der Waals surface area contributed by atoms with E-state index in [0.717, 1.165) is 36.0 Å². The molecule has 0 saturated heterocycles. The Hall–Kier alpha value is -1.91. The van der Waals surface area contributed by atoms with Crippen molar-refractivity contribution in [2.45, 2.75) is 52.5 Å². The molecular weight excluding hydrogens is 262 g/mol. The van der Waals surface area contributed by atoms with E-state index in [1.165, 1.54) is 25.7 Å². The minimum atomic E-state index is 0.732. The molecule has 5 heteroatoms. The monoisotopic (exact) mass is 287 g/mol. The molecule has 0 unspecified atom stereocenters. The van der Waals surface area contributed by atoms with Gasteiger partial charge in [-0.15, -0.1) is 5.10 Å². The highest BCUT2D eigenvalue weighted by atomic mass is 15.5. The highest BCUT2D eigenvalue weighted by Crippen LogP contribution is 2.19. The van der Waals surface area contributed by atoms with Crippen LogP contribution < -0.4 is 5.73 Å². The molecule has 0 atom stereocenters. The SMILES string of the molecule is CC(C)CCCCCCn1nnnc1-c1cccc(N)c1. The Bertz CT molecular complexity index is 547. The van der Waals surface area contributed by atoms with E-state index in [0.29, 0.717) is 0 Å². The van der Waals surface area contributed by atoms with Crippen LogP contribution in [0, 0.1) is 5.92 Å². The lowest BCUT2D eigenvalue weighted by molar-refractivity contribution is 0.491. The Balaban J connectivity index is 1.84. The molecule has 0 aliphatic carbocycles. The molecule has 0 bridgehead atoms. The predicted molar refractivity (Wildman–Crippen MR) is 85.6 cm³/mol. The van der Waals surface area contributed by atoms with Crippen LogP contribution in [0.15, 0.2) is 24.3 Å². The molecule has 2 rings (SSSR count). The van der Waals surface area contributed by atoms with E-state index in [1.807, 2.05) is 28.9 Å². The Morgan fingerprint density at radius 1 is 1.14 bits per heavy atom. The second-order valence-corrected chi connectivity index (χ2v) is 5.95. The molecule has 0 spiro atoms. The topological polar surface area (TPSA) is 69.6 Å². The van der Waals surface area contributed by atoms with Gasteiger partial charge in [0.2, 0.25) is 0 Å². The second-order valence-electron chi connectivity index (χ2n) is 5.95. The Labute approximate surface area is 126 Å². The van der Waals surface area contributed by atoms with Crippen LogP contribution in [0.1, 0.15) is 46.0 Å². The van der Waals surface area contributed by atoms with Crippen LogP contribution >= 0.6 is 0 Å². The smallest absolute Gasteiger partial charge is 0.182 e. The minimum absolute atomic E-state index is 0.732. The van der Waals surface area contributed by atoms with Gasteiger partial charge >= 0.3 is 0 Å². The third kappa shape index (κ3) is 4.85. The van der Waals surface area contributed by atoms with E-state index < -0.39 is 0 Å². The van der Waals surface area contributed by atoms with Crippen molar-refractivity contribution in [2.75, 3.05) is 5.73 Å². The first-order chi connectivity index (χ1) is 10.2. The lowest BCUT2D eigenvalue weighted by Gasteiger charge is -2.06. The summed E-state index contributed by atoms with van der Waals surface area (Å²) in [5.74, 6) is 1.60. The molecule has 0 aliphatic rings. The minimum Gasteiger partial charge on any atom is -0.399 e. The van der Waals surface area contributed by atoms with Crippen molar-refractivity contribution in [3.8, 4) is 11.4 Å². The summed E-state index contributed by atoms with van der Waals surface area (Å²) in [5.41, 5.74) is 7.52. The zero-order valence-corrected chi connectivity index (χ0v) is 13.0. The third-order valence-electron chi connectivity index (χ3n) is 3.58. The zero-order valence-electron chi connectivity index (χ0n) is 13.0. The molecule has 5 nitrogen and oxygen atoms in total. The van der Waals surface area contributed by atoms with E-state index in [2.05, 4.69) is 29.4 Å². The molecule has 21 heavy (non-hydrogen) atoms. The summed E-state index contributed by atoms with van der Waals surface area (Å²) in [5, 5.41) is 12.0. The van der Waals surface area contributed by atoms with E-state index in [-0.39, 0.29) is 0 Å². The largest absolute Gasteiger partial charge is 0.399 e. The van der Waals surface area contributed by atoms with Crippen molar-refractivity contribution in [1.82, 2.24) is 20.2 Å². The number of nitrogens with two attached hydrogens (primary N) is 1. The molecule has 0 saturated carbocycles. The van der Waals surface area contributed by atoms with Crippen molar-refractivity contribution in [3.05, 3.63) is 24.3 Å². The predicted octanol–water partition coefficient (Wildman–Crippen LogP) is 3.53. The lowest BCUT2D eigenvalue weighted by Crippen LogP contribution is -2.03. The molecule has 0 radical (unpaired) electrons. The van der Waals surface area contributed by atoms with Gasteiger partial charge in [0, 0.05) is 17.8 Å². The summed E-state index contributed by atoms with van der Waals surface area (Å²) >= 11 is 0. The summed E-state index contributed by atoms with van der Waals surface area (Å²) < 4.78 is 1.87. The summed E-state index contributed by atoms with van der Waals surface area (Å²) in [7, 11) is 0. The van der Waals surface area contributed by atoms with E-state index in [9.17, 15) is 0 Å². The van der Waals surface area contributed by atoms with Gasteiger partial charge in [-0.1, -0.05) is 51.7 Å². The van der Waals surface area contributed by atoms with Crippen LogP contribution in [0.5, 0.6) is 0 Å². The van der Waals surface area contributed by atoms with Gasteiger partial charge in [-0.2, -0.15) is 0 Å². The van der Waals surface area contributed by atoms with E-state index in [4.69, 9.17) is 5.73 Å². The van der Waals surface area contributed by atoms with Gasteiger partial charge in [-0.05, 0) is 34.9 Å². The van der Waals surface area contributed by atoms with Crippen LogP contribution in [-0.2, 0) is 6.54 Å². The first kappa shape index (κ1) is 15.5. The van der Waals surface area contributed by atoms with Crippen LogP contribution in [-0.4, -0.2) is 20.2 Å². The lowest BCUT2D eigenvalue weighted by atomic mass is 10.0. The summed E-state index contributed by atoms with van der Waals surface area (Å²) in [6.45, 7) is 5.41. The highest BCUT2D eigenvalue weighted by Gasteiger charge is 2.08. The van der Waals surface area contributed by atoms with Crippen LogP contribution in [0.4, 0.5) is 5.69 Å². The van der Waals surface area contributed by atoms with Gasteiger partial charge in [0.05, 0.1) is 0 Å². The van der Waals surface area contributed by atoms with Crippen LogP contribution in [0.2, 0.25) is 0 Å². The standard InChI is InChI=1S/C16H25N5/c1-13(2)8-5-3-4-6-11-21-16(18-19-20-21)14-9-7-10-15(17)12-14/h7,9-10,12-13H,3-6,8,11,17H2,1-2H3. The number of unbranched alkanes of at least 4 members (excludes halogenated alkanes) is 3. The average molecular weight is 287 g/mol. The Morgan fingerprint density at radius 3 is 2.71 bits per heavy atom. The molecule has 2 aromatic rings. The number of nitrogens with zero attached hydrogens (tertiary/aromatic N) is 4. The first-order valence-electron chi connectivity index (χ1n) is 7.79. The normalized spacial score (nSPS) is 11.2. The maximum atomic E-state index is 5.82. The third-order valence-corrected chi connectivity index (χ3v) is 3.58. The van der Waals surface area contributed by atoms with Crippen LogP contribution in [0.25, 0.3) is 11.4 Å². The van der Waals surface area contributed by atoms with Gasteiger partial charge in [0.15, 0.2) is 5.82 Å². The molecule has 1 heterocycles. The molecular formula is C16H25N5.